The molecule has 20 heavy (non-hydrogen) atoms. The molecule has 1 aliphatic carbocycles. The van der Waals surface area contributed by atoms with Crippen LogP contribution in [0.3, 0.4) is 0 Å². The first-order valence-corrected chi connectivity index (χ1v) is 9.48. The van der Waals surface area contributed by atoms with E-state index in [1.807, 2.05) is 12.1 Å². The van der Waals surface area contributed by atoms with Gasteiger partial charge in [0.1, 0.15) is 0 Å². The van der Waals surface area contributed by atoms with Gasteiger partial charge in [0, 0.05) is 10.4 Å². The standard InChI is InChI=1S/C18H26BrCl/c1-2-3-6-15-9-11-18(14-19,12-10-15)13-16-7-4-5-8-17(16)20/h4-5,7-8,15H,2-3,6,9-14H2,1H3. The molecule has 1 aliphatic rings. The van der Waals surface area contributed by atoms with Crippen LogP contribution in [0.2, 0.25) is 5.02 Å². The van der Waals surface area contributed by atoms with E-state index in [9.17, 15) is 0 Å². The number of alkyl halides is 1. The van der Waals surface area contributed by atoms with Crippen LogP contribution in [0.1, 0.15) is 57.4 Å². The molecule has 0 atom stereocenters. The van der Waals surface area contributed by atoms with Crippen LogP contribution in [-0.4, -0.2) is 5.33 Å². The average molecular weight is 358 g/mol. The Labute approximate surface area is 137 Å². The highest BCUT2D eigenvalue weighted by Gasteiger charge is 2.34. The van der Waals surface area contributed by atoms with Crippen LogP contribution >= 0.6 is 27.5 Å². The van der Waals surface area contributed by atoms with E-state index < -0.39 is 0 Å². The van der Waals surface area contributed by atoms with Crippen LogP contribution in [0, 0.1) is 11.3 Å². The SMILES string of the molecule is CCCCC1CCC(CBr)(Cc2ccccc2Cl)CC1. The Morgan fingerprint density at radius 1 is 1.25 bits per heavy atom. The van der Waals surface area contributed by atoms with Crippen LogP contribution in [-0.2, 0) is 6.42 Å². The minimum atomic E-state index is 0.424. The summed E-state index contributed by atoms with van der Waals surface area (Å²) in [4.78, 5) is 0. The van der Waals surface area contributed by atoms with E-state index in [-0.39, 0.29) is 0 Å². The van der Waals surface area contributed by atoms with E-state index in [0.29, 0.717) is 5.41 Å². The van der Waals surface area contributed by atoms with Gasteiger partial charge in [-0.2, -0.15) is 0 Å². The Balaban J connectivity index is 1.97. The van der Waals surface area contributed by atoms with Crippen molar-refractivity contribution in [3.63, 3.8) is 0 Å². The first kappa shape index (κ1) is 16.4. The van der Waals surface area contributed by atoms with Gasteiger partial charge in [-0.3, -0.25) is 0 Å². The second-order valence-electron chi connectivity index (χ2n) is 6.49. The topological polar surface area (TPSA) is 0 Å². The van der Waals surface area contributed by atoms with E-state index in [2.05, 4.69) is 35.0 Å². The second kappa shape index (κ2) is 7.84. The van der Waals surface area contributed by atoms with Crippen molar-refractivity contribution in [2.24, 2.45) is 11.3 Å². The van der Waals surface area contributed by atoms with Crippen molar-refractivity contribution in [1.29, 1.82) is 0 Å². The highest BCUT2D eigenvalue weighted by Crippen LogP contribution is 2.44. The van der Waals surface area contributed by atoms with Crippen LogP contribution in [0.5, 0.6) is 0 Å². The van der Waals surface area contributed by atoms with Gasteiger partial charge in [0.25, 0.3) is 0 Å². The summed E-state index contributed by atoms with van der Waals surface area (Å²) in [7, 11) is 0. The molecule has 0 amide bonds. The Kier molecular flexibility index (Phi) is 6.42. The van der Waals surface area contributed by atoms with Crippen molar-refractivity contribution in [1.82, 2.24) is 0 Å². The van der Waals surface area contributed by atoms with E-state index in [0.717, 1.165) is 22.7 Å². The summed E-state index contributed by atoms with van der Waals surface area (Å²) in [5.74, 6) is 0.966. The molecule has 0 N–H and O–H groups in total. The third-order valence-electron chi connectivity index (χ3n) is 4.94. The summed E-state index contributed by atoms with van der Waals surface area (Å²) in [5, 5.41) is 2.03. The number of hydrogen-bond donors (Lipinski definition) is 0. The lowest BCUT2D eigenvalue weighted by molar-refractivity contribution is 0.169. The first-order valence-electron chi connectivity index (χ1n) is 7.98. The van der Waals surface area contributed by atoms with Crippen LogP contribution < -0.4 is 0 Å². The Morgan fingerprint density at radius 2 is 1.95 bits per heavy atom. The smallest absolute Gasteiger partial charge is 0.0438 e. The molecule has 0 radical (unpaired) electrons. The van der Waals surface area contributed by atoms with Gasteiger partial charge in [-0.25, -0.2) is 0 Å². The quantitative estimate of drug-likeness (QED) is 0.500. The van der Waals surface area contributed by atoms with E-state index in [4.69, 9.17) is 11.6 Å². The summed E-state index contributed by atoms with van der Waals surface area (Å²) in [6.45, 7) is 2.29. The van der Waals surface area contributed by atoms with E-state index >= 15 is 0 Å². The van der Waals surface area contributed by atoms with Gasteiger partial charge in [-0.1, -0.05) is 71.9 Å². The van der Waals surface area contributed by atoms with E-state index in [1.54, 1.807) is 0 Å². The van der Waals surface area contributed by atoms with Crippen LogP contribution in [0.15, 0.2) is 24.3 Å². The monoisotopic (exact) mass is 356 g/mol. The molecule has 1 aromatic rings. The maximum absolute atomic E-state index is 6.34. The van der Waals surface area contributed by atoms with Crippen LogP contribution in [0.4, 0.5) is 0 Å². The lowest BCUT2D eigenvalue weighted by Crippen LogP contribution is -2.31. The predicted octanol–water partition coefficient (Wildman–Crippen LogP) is 6.64. The summed E-state index contributed by atoms with van der Waals surface area (Å²) in [6, 6.07) is 8.34. The van der Waals surface area contributed by atoms with Crippen molar-refractivity contribution in [2.45, 2.75) is 58.3 Å². The molecule has 2 rings (SSSR count). The average Bonchev–Trinajstić information content (AvgIpc) is 2.49. The highest BCUT2D eigenvalue weighted by atomic mass is 79.9. The van der Waals surface area contributed by atoms with Crippen molar-refractivity contribution >= 4 is 27.5 Å². The number of benzene rings is 1. The van der Waals surface area contributed by atoms with E-state index in [1.165, 1.54) is 50.5 Å². The fourth-order valence-electron chi connectivity index (χ4n) is 3.47. The lowest BCUT2D eigenvalue weighted by Gasteiger charge is -2.39. The Morgan fingerprint density at radius 3 is 2.55 bits per heavy atom. The molecular formula is C18H26BrCl. The lowest BCUT2D eigenvalue weighted by atomic mass is 9.68. The number of unbranched alkanes of at least 4 members (excludes halogenated alkanes) is 1. The third-order valence-corrected chi connectivity index (χ3v) is 6.50. The molecule has 0 heterocycles. The summed E-state index contributed by atoms with van der Waals surface area (Å²) >= 11 is 10.1. The normalized spacial score (nSPS) is 26.6. The molecule has 1 fully saturated rings. The molecule has 0 nitrogen and oxygen atoms in total. The molecule has 0 unspecified atom stereocenters. The molecule has 1 aromatic carbocycles. The van der Waals surface area contributed by atoms with Crippen molar-refractivity contribution < 1.29 is 0 Å². The van der Waals surface area contributed by atoms with Crippen LogP contribution in [0.25, 0.3) is 0 Å². The van der Waals surface area contributed by atoms with Gasteiger partial charge in [0.05, 0.1) is 0 Å². The van der Waals surface area contributed by atoms with Crippen molar-refractivity contribution in [2.75, 3.05) is 5.33 Å². The predicted molar refractivity (Wildman–Crippen MR) is 92.9 cm³/mol. The fourth-order valence-corrected chi connectivity index (χ4v) is 4.44. The summed E-state index contributed by atoms with van der Waals surface area (Å²) in [6.07, 6.45) is 10.8. The largest absolute Gasteiger partial charge is 0.0922 e. The van der Waals surface area contributed by atoms with Gasteiger partial charge >= 0.3 is 0 Å². The number of halogens is 2. The van der Waals surface area contributed by atoms with Gasteiger partial charge in [0.2, 0.25) is 0 Å². The second-order valence-corrected chi connectivity index (χ2v) is 7.46. The van der Waals surface area contributed by atoms with Crippen molar-refractivity contribution in [3.05, 3.63) is 34.9 Å². The molecule has 112 valence electrons. The molecule has 1 saturated carbocycles. The number of rotatable bonds is 6. The summed E-state index contributed by atoms with van der Waals surface area (Å²) in [5.41, 5.74) is 1.74. The molecule has 0 spiro atoms. The Hall–Kier alpha value is -0.0100. The number of hydrogen-bond acceptors (Lipinski definition) is 0. The summed E-state index contributed by atoms with van der Waals surface area (Å²) < 4.78 is 0. The van der Waals surface area contributed by atoms with Crippen molar-refractivity contribution in [3.8, 4) is 0 Å². The maximum Gasteiger partial charge on any atom is 0.0438 e. The fraction of sp³-hybridized carbons (Fsp3) is 0.667. The molecule has 0 bridgehead atoms. The minimum Gasteiger partial charge on any atom is -0.0922 e. The van der Waals surface area contributed by atoms with Gasteiger partial charge in [-0.05, 0) is 55.1 Å². The molecular weight excluding hydrogens is 332 g/mol. The zero-order chi connectivity index (χ0) is 14.4. The van der Waals surface area contributed by atoms with Gasteiger partial charge in [-0.15, -0.1) is 0 Å². The molecule has 0 saturated heterocycles. The first-order chi connectivity index (χ1) is 9.69. The third kappa shape index (κ3) is 4.24. The van der Waals surface area contributed by atoms with Gasteiger partial charge < -0.3 is 0 Å². The Bertz CT molecular complexity index is 408. The zero-order valence-corrected chi connectivity index (χ0v) is 14.8. The minimum absolute atomic E-state index is 0.424. The zero-order valence-electron chi connectivity index (χ0n) is 12.5. The highest BCUT2D eigenvalue weighted by molar-refractivity contribution is 9.09. The molecule has 2 heteroatoms. The molecule has 0 aliphatic heterocycles. The van der Waals surface area contributed by atoms with Gasteiger partial charge in [0.15, 0.2) is 0 Å². The molecule has 0 aromatic heterocycles. The maximum atomic E-state index is 6.34.